The fourth-order valence-electron chi connectivity index (χ4n) is 2.55. The molecule has 0 bridgehead atoms. The minimum Gasteiger partial charge on any atom is -0.357 e. The van der Waals surface area contributed by atoms with E-state index in [1.54, 1.807) is 36.3 Å². The van der Waals surface area contributed by atoms with Crippen molar-refractivity contribution in [3.63, 3.8) is 0 Å². The summed E-state index contributed by atoms with van der Waals surface area (Å²) >= 11 is 1.59. The monoisotopic (exact) mass is 364 g/mol. The molecule has 0 spiro atoms. The molecule has 7 nitrogen and oxygen atoms in total. The van der Waals surface area contributed by atoms with E-state index in [9.17, 15) is 4.79 Å². The van der Waals surface area contributed by atoms with Crippen molar-refractivity contribution >= 4 is 17.2 Å². The van der Waals surface area contributed by atoms with E-state index < -0.39 is 0 Å². The van der Waals surface area contributed by atoms with Gasteiger partial charge in [-0.1, -0.05) is 0 Å². The number of H-pyrrole nitrogens is 1. The van der Waals surface area contributed by atoms with Crippen molar-refractivity contribution in [1.82, 2.24) is 29.8 Å². The molecule has 0 aliphatic heterocycles. The lowest BCUT2D eigenvalue weighted by Crippen LogP contribution is -2.23. The van der Waals surface area contributed by atoms with Gasteiger partial charge in [-0.2, -0.15) is 0 Å². The lowest BCUT2D eigenvalue weighted by atomic mass is 10.2. The number of hydrogen-bond acceptors (Lipinski definition) is 5. The van der Waals surface area contributed by atoms with Crippen molar-refractivity contribution < 1.29 is 4.79 Å². The van der Waals surface area contributed by atoms with Gasteiger partial charge in [0.1, 0.15) is 17.8 Å². The Kier molecular flexibility index (Phi) is 4.32. The number of hydrogen-bond donors (Lipinski definition) is 2. The Balaban J connectivity index is 1.43. The summed E-state index contributed by atoms with van der Waals surface area (Å²) in [5, 5.41) is 5.90. The quantitative estimate of drug-likeness (QED) is 0.570. The van der Waals surface area contributed by atoms with E-state index in [0.717, 1.165) is 27.6 Å². The summed E-state index contributed by atoms with van der Waals surface area (Å²) in [5.74, 6) is 0.597. The van der Waals surface area contributed by atoms with E-state index in [1.807, 2.05) is 41.3 Å². The Morgan fingerprint density at radius 2 is 2.27 bits per heavy atom. The van der Waals surface area contributed by atoms with Crippen LogP contribution in [0.25, 0.3) is 17.1 Å². The molecule has 0 aliphatic carbocycles. The average molecular weight is 364 g/mol. The number of imidazole rings is 1. The van der Waals surface area contributed by atoms with Crippen LogP contribution in [0.2, 0.25) is 0 Å². The van der Waals surface area contributed by atoms with Gasteiger partial charge < -0.3 is 10.3 Å². The average Bonchev–Trinajstić information content (AvgIpc) is 3.40. The molecule has 2 N–H and O–H groups in total. The summed E-state index contributed by atoms with van der Waals surface area (Å²) in [6.45, 7) is 2.37. The van der Waals surface area contributed by atoms with E-state index in [0.29, 0.717) is 12.2 Å². The topological polar surface area (TPSA) is 88.5 Å². The maximum atomic E-state index is 12.4. The first-order valence-corrected chi connectivity index (χ1v) is 8.89. The van der Waals surface area contributed by atoms with Crippen LogP contribution in [0.15, 0.2) is 54.7 Å². The van der Waals surface area contributed by atoms with Crippen molar-refractivity contribution in [3.8, 4) is 17.1 Å². The minimum absolute atomic E-state index is 0.163. The van der Waals surface area contributed by atoms with Gasteiger partial charge in [-0.05, 0) is 30.7 Å². The highest BCUT2D eigenvalue weighted by Crippen LogP contribution is 2.22. The number of carbonyl (C=O) groups excluding carboxylic acids is 1. The van der Waals surface area contributed by atoms with Crippen LogP contribution in [0.4, 0.5) is 0 Å². The van der Waals surface area contributed by atoms with Crippen molar-refractivity contribution in [3.05, 3.63) is 71.0 Å². The fraction of sp³-hybridized carbons (Fsp3) is 0.111. The van der Waals surface area contributed by atoms with E-state index in [-0.39, 0.29) is 5.91 Å². The predicted octanol–water partition coefficient (Wildman–Crippen LogP) is 2.96. The number of aromatic amines is 1. The second kappa shape index (κ2) is 6.93. The zero-order valence-corrected chi connectivity index (χ0v) is 14.8. The van der Waals surface area contributed by atoms with E-state index >= 15 is 0 Å². The van der Waals surface area contributed by atoms with Crippen LogP contribution >= 0.6 is 11.3 Å². The van der Waals surface area contributed by atoms with Gasteiger partial charge in [0.25, 0.3) is 5.91 Å². The minimum atomic E-state index is -0.163. The number of amides is 1. The number of rotatable bonds is 5. The Morgan fingerprint density at radius 3 is 3.04 bits per heavy atom. The van der Waals surface area contributed by atoms with Gasteiger partial charge in [0.2, 0.25) is 0 Å². The van der Waals surface area contributed by atoms with Crippen LogP contribution in [0.3, 0.4) is 0 Å². The van der Waals surface area contributed by atoms with Gasteiger partial charge in [0.15, 0.2) is 0 Å². The maximum Gasteiger partial charge on any atom is 0.267 e. The van der Waals surface area contributed by atoms with Gasteiger partial charge in [0, 0.05) is 42.3 Å². The van der Waals surface area contributed by atoms with E-state index in [4.69, 9.17) is 0 Å². The molecule has 8 heteroatoms. The highest BCUT2D eigenvalue weighted by atomic mass is 32.1. The number of thiazole rings is 1. The molecule has 0 atom stereocenters. The Bertz CT molecular complexity index is 1030. The van der Waals surface area contributed by atoms with Crippen LogP contribution in [-0.2, 0) is 6.54 Å². The molecule has 0 aromatic carbocycles. The molecule has 0 radical (unpaired) electrons. The summed E-state index contributed by atoms with van der Waals surface area (Å²) < 4.78 is 1.82. The Labute approximate surface area is 153 Å². The first kappa shape index (κ1) is 16.2. The molecule has 4 heterocycles. The largest absolute Gasteiger partial charge is 0.357 e. The van der Waals surface area contributed by atoms with Gasteiger partial charge in [-0.25, -0.2) is 15.0 Å². The molecule has 4 aromatic rings. The van der Waals surface area contributed by atoms with Gasteiger partial charge in [-0.3, -0.25) is 9.36 Å². The van der Waals surface area contributed by atoms with E-state index in [1.165, 1.54) is 0 Å². The number of aryl methyl sites for hydroxylation is 1. The summed E-state index contributed by atoms with van der Waals surface area (Å²) in [5.41, 5.74) is 3.25. The molecular formula is C18H16N6OS. The number of nitrogens with zero attached hydrogens (tertiary/aromatic N) is 4. The lowest BCUT2D eigenvalue weighted by Gasteiger charge is -2.06. The Morgan fingerprint density at radius 1 is 1.35 bits per heavy atom. The number of nitrogens with one attached hydrogen (secondary N) is 2. The smallest absolute Gasteiger partial charge is 0.267 e. The van der Waals surface area contributed by atoms with Crippen LogP contribution in [0, 0.1) is 6.92 Å². The lowest BCUT2D eigenvalue weighted by molar-refractivity contribution is 0.0946. The molecule has 0 saturated heterocycles. The highest BCUT2D eigenvalue weighted by molar-refractivity contribution is 7.09. The summed E-state index contributed by atoms with van der Waals surface area (Å²) in [6.07, 6.45) is 8.72. The number of pyridine rings is 1. The second-order valence-corrected chi connectivity index (χ2v) is 6.79. The Hall–Kier alpha value is -3.26. The standard InChI is InChI=1S/C18H16N6OS/c1-12-23-16(10-26-12)14-7-15(21-9-14)18(25)22-8-13-2-3-20-17(6-13)24-5-4-19-11-24/h2-7,9-11,21H,8H2,1H3,(H,22,25). The molecule has 130 valence electrons. The van der Waals surface area contributed by atoms with Crippen LogP contribution in [-0.4, -0.2) is 30.4 Å². The first-order chi connectivity index (χ1) is 12.7. The third-order valence-electron chi connectivity index (χ3n) is 3.87. The second-order valence-electron chi connectivity index (χ2n) is 5.73. The van der Waals surface area contributed by atoms with E-state index in [2.05, 4.69) is 25.3 Å². The molecular weight excluding hydrogens is 348 g/mol. The summed E-state index contributed by atoms with van der Waals surface area (Å²) in [4.78, 5) is 28.2. The molecule has 4 rings (SSSR count). The van der Waals surface area contributed by atoms with Crippen molar-refractivity contribution in [2.45, 2.75) is 13.5 Å². The molecule has 4 aromatic heterocycles. The normalized spacial score (nSPS) is 10.8. The van der Waals surface area contributed by atoms with Crippen molar-refractivity contribution in [2.75, 3.05) is 0 Å². The first-order valence-electron chi connectivity index (χ1n) is 8.01. The molecule has 0 unspecified atom stereocenters. The zero-order valence-electron chi connectivity index (χ0n) is 14.0. The zero-order chi connectivity index (χ0) is 17.9. The highest BCUT2D eigenvalue weighted by Gasteiger charge is 2.11. The third-order valence-corrected chi connectivity index (χ3v) is 4.65. The fourth-order valence-corrected chi connectivity index (χ4v) is 3.18. The van der Waals surface area contributed by atoms with Crippen LogP contribution in [0.1, 0.15) is 21.1 Å². The van der Waals surface area contributed by atoms with Crippen molar-refractivity contribution in [1.29, 1.82) is 0 Å². The molecule has 1 amide bonds. The SMILES string of the molecule is Cc1nc(-c2c[nH]c(C(=O)NCc3ccnc(-n4ccnc4)c3)c2)cs1. The predicted molar refractivity (Wildman–Crippen MR) is 99.2 cm³/mol. The van der Waals surface area contributed by atoms with Gasteiger partial charge in [-0.15, -0.1) is 11.3 Å². The number of carbonyl (C=O) groups is 1. The van der Waals surface area contributed by atoms with Crippen LogP contribution in [0.5, 0.6) is 0 Å². The summed E-state index contributed by atoms with van der Waals surface area (Å²) in [6, 6.07) is 5.60. The van der Waals surface area contributed by atoms with Crippen LogP contribution < -0.4 is 5.32 Å². The van der Waals surface area contributed by atoms with Gasteiger partial charge >= 0.3 is 0 Å². The number of aromatic nitrogens is 5. The molecule has 0 fully saturated rings. The maximum absolute atomic E-state index is 12.4. The molecule has 0 saturated carbocycles. The molecule has 0 aliphatic rings. The summed E-state index contributed by atoms with van der Waals surface area (Å²) in [7, 11) is 0. The molecule has 26 heavy (non-hydrogen) atoms. The van der Waals surface area contributed by atoms with Crippen molar-refractivity contribution in [2.24, 2.45) is 0 Å². The van der Waals surface area contributed by atoms with Gasteiger partial charge in [0.05, 0.1) is 10.7 Å². The third kappa shape index (κ3) is 3.40.